The van der Waals surface area contributed by atoms with Crippen molar-refractivity contribution in [2.45, 2.75) is 49.6 Å². The van der Waals surface area contributed by atoms with E-state index in [9.17, 15) is 18.0 Å². The number of hydrogen-bond donors (Lipinski definition) is 1. The minimum absolute atomic E-state index is 0.141. The second kappa shape index (κ2) is 9.38. The van der Waals surface area contributed by atoms with Gasteiger partial charge in [0, 0.05) is 26.2 Å². The first-order valence-corrected chi connectivity index (χ1v) is 13.4. The highest BCUT2D eigenvalue weighted by molar-refractivity contribution is 7.89. The van der Waals surface area contributed by atoms with E-state index < -0.39 is 10.0 Å². The van der Waals surface area contributed by atoms with Crippen molar-refractivity contribution in [2.24, 2.45) is 0 Å². The zero-order valence-corrected chi connectivity index (χ0v) is 20.0. The van der Waals surface area contributed by atoms with Crippen molar-refractivity contribution >= 4 is 33.2 Å². The molecule has 5 rings (SSSR count). The molecule has 34 heavy (non-hydrogen) atoms. The Kier molecular flexibility index (Phi) is 6.31. The number of benzene rings is 2. The fourth-order valence-electron chi connectivity index (χ4n) is 5.13. The predicted molar refractivity (Wildman–Crippen MR) is 130 cm³/mol. The van der Waals surface area contributed by atoms with Gasteiger partial charge in [-0.15, -0.1) is 0 Å². The standard InChI is InChI=1S/C25H30N4O4S/c30-24(26-17-19-8-2-1-3-9-19)18-29-23-16-20(34(32,33)27-13-6-7-14-27)11-12-21(23)28-15-5-4-10-22(28)25(29)31/h1-3,8-9,11-12,16,22H,4-7,10,13-15,17-18H2,(H,26,30)/t22-/m1/s1. The molecule has 0 bridgehead atoms. The highest BCUT2D eigenvalue weighted by Gasteiger charge is 2.41. The van der Waals surface area contributed by atoms with E-state index in [1.807, 2.05) is 30.3 Å². The molecule has 3 aliphatic heterocycles. The van der Waals surface area contributed by atoms with Gasteiger partial charge in [-0.1, -0.05) is 30.3 Å². The highest BCUT2D eigenvalue weighted by Crippen LogP contribution is 2.41. The van der Waals surface area contributed by atoms with Crippen LogP contribution in [0.3, 0.4) is 0 Å². The zero-order chi connectivity index (χ0) is 23.7. The highest BCUT2D eigenvalue weighted by atomic mass is 32.2. The van der Waals surface area contributed by atoms with Crippen LogP contribution in [0, 0.1) is 0 Å². The number of carbonyl (C=O) groups is 2. The van der Waals surface area contributed by atoms with Crippen molar-refractivity contribution in [1.29, 1.82) is 0 Å². The summed E-state index contributed by atoms with van der Waals surface area (Å²) < 4.78 is 27.9. The Bertz CT molecular complexity index is 1180. The van der Waals surface area contributed by atoms with Gasteiger partial charge >= 0.3 is 0 Å². The summed E-state index contributed by atoms with van der Waals surface area (Å²) in [6.45, 7) is 2.00. The molecule has 0 aromatic heterocycles. The fourth-order valence-corrected chi connectivity index (χ4v) is 6.67. The molecule has 8 nitrogen and oxygen atoms in total. The van der Waals surface area contributed by atoms with E-state index in [4.69, 9.17) is 0 Å². The average molecular weight is 483 g/mol. The molecule has 180 valence electrons. The molecule has 2 aromatic rings. The Morgan fingerprint density at radius 2 is 1.68 bits per heavy atom. The van der Waals surface area contributed by atoms with Crippen LogP contribution < -0.4 is 15.1 Å². The maximum absolute atomic E-state index is 13.5. The Morgan fingerprint density at radius 1 is 0.941 bits per heavy atom. The van der Waals surface area contributed by atoms with E-state index in [2.05, 4.69) is 10.2 Å². The summed E-state index contributed by atoms with van der Waals surface area (Å²) >= 11 is 0. The molecule has 9 heteroatoms. The van der Waals surface area contributed by atoms with E-state index in [0.29, 0.717) is 25.3 Å². The van der Waals surface area contributed by atoms with Crippen molar-refractivity contribution in [2.75, 3.05) is 36.0 Å². The maximum Gasteiger partial charge on any atom is 0.250 e. The van der Waals surface area contributed by atoms with Gasteiger partial charge in [0.05, 0.1) is 16.3 Å². The molecule has 2 saturated heterocycles. The van der Waals surface area contributed by atoms with Crippen molar-refractivity contribution in [3.63, 3.8) is 0 Å². The number of anilines is 2. The van der Waals surface area contributed by atoms with Crippen LogP contribution >= 0.6 is 0 Å². The molecule has 3 heterocycles. The number of piperidine rings is 1. The molecule has 1 atom stereocenters. The number of amides is 2. The largest absolute Gasteiger partial charge is 0.358 e. The van der Waals surface area contributed by atoms with E-state index in [1.54, 1.807) is 18.2 Å². The second-order valence-electron chi connectivity index (χ2n) is 9.15. The normalized spacial score (nSPS) is 20.7. The molecule has 0 saturated carbocycles. The monoisotopic (exact) mass is 482 g/mol. The van der Waals surface area contributed by atoms with Gasteiger partial charge < -0.3 is 10.2 Å². The number of hydrogen-bond acceptors (Lipinski definition) is 5. The lowest BCUT2D eigenvalue weighted by molar-refractivity contribution is -0.125. The maximum atomic E-state index is 13.5. The van der Waals surface area contributed by atoms with E-state index in [-0.39, 0.29) is 29.3 Å². The molecule has 3 aliphatic rings. The molecule has 2 aromatic carbocycles. The van der Waals surface area contributed by atoms with Gasteiger partial charge in [0.25, 0.3) is 0 Å². The lowest BCUT2D eigenvalue weighted by Crippen LogP contribution is -2.57. The number of fused-ring (bicyclic) bond motifs is 3. The van der Waals surface area contributed by atoms with Crippen LogP contribution in [-0.2, 0) is 26.2 Å². The minimum atomic E-state index is -3.64. The topological polar surface area (TPSA) is 90.0 Å². The predicted octanol–water partition coefficient (Wildman–Crippen LogP) is 2.49. The van der Waals surface area contributed by atoms with E-state index in [0.717, 1.165) is 49.9 Å². The van der Waals surface area contributed by atoms with Gasteiger partial charge in [0.2, 0.25) is 21.8 Å². The summed E-state index contributed by atoms with van der Waals surface area (Å²) in [5, 5.41) is 2.89. The number of nitrogens with one attached hydrogen (secondary N) is 1. The first-order chi connectivity index (χ1) is 16.4. The third-order valence-electron chi connectivity index (χ3n) is 6.94. The van der Waals surface area contributed by atoms with E-state index in [1.165, 1.54) is 9.21 Å². The molecule has 0 unspecified atom stereocenters. The number of nitrogens with zero attached hydrogens (tertiary/aromatic N) is 3. The summed E-state index contributed by atoms with van der Waals surface area (Å²) in [6, 6.07) is 14.3. The summed E-state index contributed by atoms with van der Waals surface area (Å²) in [7, 11) is -3.64. The molecule has 1 N–H and O–H groups in total. The van der Waals surface area contributed by atoms with Crippen LogP contribution in [0.2, 0.25) is 0 Å². The van der Waals surface area contributed by atoms with Gasteiger partial charge in [-0.3, -0.25) is 14.5 Å². The lowest BCUT2D eigenvalue weighted by atomic mass is 9.96. The average Bonchev–Trinajstić information content (AvgIpc) is 3.42. The summed E-state index contributed by atoms with van der Waals surface area (Å²) in [4.78, 5) is 30.1. The lowest BCUT2D eigenvalue weighted by Gasteiger charge is -2.45. The van der Waals surface area contributed by atoms with Crippen LogP contribution in [0.5, 0.6) is 0 Å². The molecule has 0 aliphatic carbocycles. The Hall–Kier alpha value is -2.91. The smallest absolute Gasteiger partial charge is 0.250 e. The van der Waals surface area contributed by atoms with Crippen LogP contribution in [0.1, 0.15) is 37.7 Å². The summed E-state index contributed by atoms with van der Waals surface area (Å²) in [5.41, 5.74) is 2.29. The number of sulfonamides is 1. The molecule has 0 spiro atoms. The molecular weight excluding hydrogens is 452 g/mol. The van der Waals surface area contributed by atoms with Crippen molar-refractivity contribution in [3.05, 3.63) is 54.1 Å². The van der Waals surface area contributed by atoms with Gasteiger partial charge in [-0.05, 0) is 55.9 Å². The van der Waals surface area contributed by atoms with Crippen LogP contribution in [0.25, 0.3) is 0 Å². The first kappa shape index (κ1) is 22.9. The van der Waals surface area contributed by atoms with Crippen LogP contribution in [0.15, 0.2) is 53.4 Å². The van der Waals surface area contributed by atoms with Gasteiger partial charge in [0.1, 0.15) is 12.6 Å². The van der Waals surface area contributed by atoms with Crippen molar-refractivity contribution < 1.29 is 18.0 Å². The summed E-state index contributed by atoms with van der Waals surface area (Å²) in [5.74, 6) is -0.419. The Morgan fingerprint density at radius 3 is 2.44 bits per heavy atom. The SMILES string of the molecule is O=C(CN1C(=O)[C@H]2CCCCN2c2ccc(S(=O)(=O)N3CCCC3)cc21)NCc1ccccc1. The van der Waals surface area contributed by atoms with Gasteiger partial charge in [-0.25, -0.2) is 8.42 Å². The Labute approximate surface area is 200 Å². The minimum Gasteiger partial charge on any atom is -0.358 e. The molecule has 0 radical (unpaired) electrons. The van der Waals surface area contributed by atoms with Crippen LogP contribution in [-0.4, -0.2) is 56.8 Å². The third kappa shape index (κ3) is 4.30. The zero-order valence-electron chi connectivity index (χ0n) is 19.2. The Balaban J connectivity index is 1.45. The third-order valence-corrected chi connectivity index (χ3v) is 8.83. The van der Waals surface area contributed by atoms with E-state index >= 15 is 0 Å². The number of carbonyl (C=O) groups excluding carboxylic acids is 2. The van der Waals surface area contributed by atoms with Crippen molar-refractivity contribution in [3.8, 4) is 0 Å². The van der Waals surface area contributed by atoms with Gasteiger partial charge in [0.15, 0.2) is 0 Å². The summed E-state index contributed by atoms with van der Waals surface area (Å²) in [6.07, 6.45) is 4.37. The molecule has 2 fully saturated rings. The van der Waals surface area contributed by atoms with Crippen molar-refractivity contribution in [1.82, 2.24) is 9.62 Å². The van der Waals surface area contributed by atoms with Gasteiger partial charge in [-0.2, -0.15) is 4.31 Å². The number of rotatable bonds is 6. The fraction of sp³-hybridized carbons (Fsp3) is 0.440. The van der Waals surface area contributed by atoms with Crippen LogP contribution in [0.4, 0.5) is 11.4 Å². The first-order valence-electron chi connectivity index (χ1n) is 12.0. The molecule has 2 amide bonds. The second-order valence-corrected chi connectivity index (χ2v) is 11.1. The quantitative estimate of drug-likeness (QED) is 0.683. The molecular formula is C25H30N4O4S.